The highest BCUT2D eigenvalue weighted by Gasteiger charge is 2.35. The van der Waals surface area contributed by atoms with Gasteiger partial charge in [0.05, 0.1) is 18.8 Å². The smallest absolute Gasteiger partial charge is 0.330 e. The number of aryl methyl sites for hydroxylation is 1. The zero-order chi connectivity index (χ0) is 17.8. The maximum absolute atomic E-state index is 12.1. The molecule has 2 N–H and O–H groups in total. The van der Waals surface area contributed by atoms with Crippen LogP contribution in [0.25, 0.3) is 0 Å². The van der Waals surface area contributed by atoms with Crippen LogP contribution in [0, 0.1) is 6.92 Å². The van der Waals surface area contributed by atoms with Crippen molar-refractivity contribution < 1.29 is 9.57 Å². The Morgan fingerprint density at radius 1 is 1.32 bits per heavy atom. The molecule has 1 aliphatic heterocycles. The molecule has 0 spiro atoms. The van der Waals surface area contributed by atoms with E-state index in [1.807, 2.05) is 37.3 Å². The number of hydrogen-bond acceptors (Lipinski definition) is 5. The van der Waals surface area contributed by atoms with Crippen molar-refractivity contribution >= 4 is 0 Å². The molecule has 0 radical (unpaired) electrons. The summed E-state index contributed by atoms with van der Waals surface area (Å²) in [4.78, 5) is 31.5. The second-order valence-corrected chi connectivity index (χ2v) is 6.25. The van der Waals surface area contributed by atoms with Gasteiger partial charge in [-0.25, -0.2) is 4.79 Å². The fourth-order valence-corrected chi connectivity index (χ4v) is 3.01. The Hall–Kier alpha value is -2.22. The molecule has 2 aromatic rings. The minimum atomic E-state index is -0.457. The number of rotatable bonds is 6. The van der Waals surface area contributed by atoms with Crippen molar-refractivity contribution in [3.8, 4) is 0 Å². The molecule has 0 aliphatic carbocycles. The molecular formula is C18H23N3O4. The summed E-state index contributed by atoms with van der Waals surface area (Å²) >= 11 is 0. The number of nitrogens with one attached hydrogen (secondary N) is 2. The SMILES string of the molecule is CC[C@H]1O[C@@H](n2cc(C)c(=O)[nH]c2=O)C[C@@H]1NOCc1ccccc1. The highest BCUT2D eigenvalue weighted by molar-refractivity contribution is 5.13. The first-order chi connectivity index (χ1) is 12.1. The predicted molar refractivity (Wildman–Crippen MR) is 93.0 cm³/mol. The molecule has 134 valence electrons. The Morgan fingerprint density at radius 3 is 2.80 bits per heavy atom. The summed E-state index contributed by atoms with van der Waals surface area (Å²) in [6.45, 7) is 4.15. The average molecular weight is 345 g/mol. The maximum Gasteiger partial charge on any atom is 0.330 e. The number of nitrogens with zero attached hydrogens (tertiary/aromatic N) is 1. The Labute approximate surface area is 145 Å². The first-order valence-electron chi connectivity index (χ1n) is 8.47. The van der Waals surface area contributed by atoms with E-state index in [4.69, 9.17) is 9.57 Å². The molecule has 1 aromatic heterocycles. The van der Waals surface area contributed by atoms with Gasteiger partial charge in [-0.2, -0.15) is 5.48 Å². The second kappa shape index (κ2) is 7.77. The van der Waals surface area contributed by atoms with Crippen molar-refractivity contribution in [2.75, 3.05) is 0 Å². The van der Waals surface area contributed by atoms with Gasteiger partial charge in [-0.3, -0.25) is 19.2 Å². The van der Waals surface area contributed by atoms with E-state index in [2.05, 4.69) is 10.5 Å². The van der Waals surface area contributed by atoms with Gasteiger partial charge in [-0.05, 0) is 18.9 Å². The molecule has 7 heteroatoms. The zero-order valence-corrected chi connectivity index (χ0v) is 14.4. The Balaban J connectivity index is 1.65. The summed E-state index contributed by atoms with van der Waals surface area (Å²) in [5.74, 6) is 0. The van der Waals surface area contributed by atoms with E-state index in [0.29, 0.717) is 18.6 Å². The van der Waals surface area contributed by atoms with Crippen LogP contribution in [0.15, 0.2) is 46.1 Å². The van der Waals surface area contributed by atoms with Crippen molar-refractivity contribution in [2.24, 2.45) is 0 Å². The largest absolute Gasteiger partial charge is 0.353 e. The Kier molecular flexibility index (Phi) is 5.47. The van der Waals surface area contributed by atoms with Crippen molar-refractivity contribution in [2.45, 2.75) is 51.7 Å². The Morgan fingerprint density at radius 2 is 2.08 bits per heavy atom. The highest BCUT2D eigenvalue weighted by Crippen LogP contribution is 2.29. The predicted octanol–water partition coefficient (Wildman–Crippen LogP) is 1.63. The van der Waals surface area contributed by atoms with Crippen molar-refractivity contribution in [3.63, 3.8) is 0 Å². The summed E-state index contributed by atoms with van der Waals surface area (Å²) in [6.07, 6.45) is 2.43. The number of hydroxylamine groups is 1. The molecule has 7 nitrogen and oxygen atoms in total. The lowest BCUT2D eigenvalue weighted by molar-refractivity contribution is -0.0365. The van der Waals surface area contributed by atoms with E-state index in [9.17, 15) is 9.59 Å². The Bertz CT molecular complexity index is 815. The van der Waals surface area contributed by atoms with Gasteiger partial charge in [0.15, 0.2) is 0 Å². The van der Waals surface area contributed by atoms with Crippen LogP contribution in [0.1, 0.15) is 37.1 Å². The molecule has 1 saturated heterocycles. The van der Waals surface area contributed by atoms with E-state index in [1.54, 1.807) is 13.1 Å². The van der Waals surface area contributed by atoms with Gasteiger partial charge in [-0.15, -0.1) is 0 Å². The minimum Gasteiger partial charge on any atom is -0.353 e. The number of aromatic amines is 1. The highest BCUT2D eigenvalue weighted by atomic mass is 16.6. The quantitative estimate of drug-likeness (QED) is 0.778. The number of ether oxygens (including phenoxy) is 1. The number of hydrogen-bond donors (Lipinski definition) is 2. The van der Waals surface area contributed by atoms with E-state index in [-0.39, 0.29) is 17.7 Å². The molecule has 2 heterocycles. The van der Waals surface area contributed by atoms with E-state index in [0.717, 1.165) is 12.0 Å². The molecule has 25 heavy (non-hydrogen) atoms. The van der Waals surface area contributed by atoms with Crippen LogP contribution >= 0.6 is 0 Å². The second-order valence-electron chi connectivity index (χ2n) is 6.25. The van der Waals surface area contributed by atoms with E-state index in [1.165, 1.54) is 4.57 Å². The fourth-order valence-electron chi connectivity index (χ4n) is 3.01. The van der Waals surface area contributed by atoms with Crippen LogP contribution < -0.4 is 16.7 Å². The zero-order valence-electron chi connectivity index (χ0n) is 14.4. The van der Waals surface area contributed by atoms with Gasteiger partial charge in [0, 0.05) is 18.2 Å². The lowest BCUT2D eigenvalue weighted by atomic mass is 10.1. The van der Waals surface area contributed by atoms with Gasteiger partial charge in [0.1, 0.15) is 6.23 Å². The monoisotopic (exact) mass is 345 g/mol. The molecule has 0 amide bonds. The summed E-state index contributed by atoms with van der Waals surface area (Å²) in [5, 5.41) is 0. The molecule has 3 atom stereocenters. The van der Waals surface area contributed by atoms with Crippen LogP contribution in [0.2, 0.25) is 0 Å². The summed E-state index contributed by atoms with van der Waals surface area (Å²) in [6, 6.07) is 9.85. The van der Waals surface area contributed by atoms with Crippen LogP contribution in [0.5, 0.6) is 0 Å². The normalized spacial score (nSPS) is 23.0. The lowest BCUT2D eigenvalue weighted by Crippen LogP contribution is -2.36. The van der Waals surface area contributed by atoms with Gasteiger partial charge in [0.25, 0.3) is 5.56 Å². The standard InChI is InChI=1S/C18H23N3O4/c1-3-15-14(20-24-11-13-7-5-4-6-8-13)9-16(25-15)21-10-12(2)17(22)19-18(21)23/h4-8,10,14-16,20H,3,9,11H2,1-2H3,(H,19,22,23)/t14-,15+,16+/m0/s1. The van der Waals surface area contributed by atoms with E-state index >= 15 is 0 Å². The minimum absolute atomic E-state index is 0.0298. The van der Waals surface area contributed by atoms with Crippen LogP contribution in [-0.4, -0.2) is 21.7 Å². The van der Waals surface area contributed by atoms with E-state index < -0.39 is 11.9 Å². The number of H-pyrrole nitrogens is 1. The average Bonchev–Trinajstić information content (AvgIpc) is 3.02. The lowest BCUT2D eigenvalue weighted by Gasteiger charge is -2.17. The van der Waals surface area contributed by atoms with Crippen LogP contribution in [-0.2, 0) is 16.2 Å². The van der Waals surface area contributed by atoms with Gasteiger partial charge >= 0.3 is 5.69 Å². The van der Waals surface area contributed by atoms with Crippen LogP contribution in [0.3, 0.4) is 0 Å². The van der Waals surface area contributed by atoms with Crippen molar-refractivity contribution in [1.82, 2.24) is 15.0 Å². The summed E-state index contributed by atoms with van der Waals surface area (Å²) in [5.41, 5.74) is 3.79. The first kappa shape index (κ1) is 17.6. The molecule has 0 unspecified atom stereocenters. The van der Waals surface area contributed by atoms with Gasteiger partial charge in [0.2, 0.25) is 0 Å². The maximum atomic E-state index is 12.1. The molecule has 3 rings (SSSR count). The van der Waals surface area contributed by atoms with Crippen molar-refractivity contribution in [1.29, 1.82) is 0 Å². The molecule has 0 bridgehead atoms. The third-order valence-corrected chi connectivity index (χ3v) is 4.41. The summed E-state index contributed by atoms with van der Waals surface area (Å²) in [7, 11) is 0. The van der Waals surface area contributed by atoms with Gasteiger partial charge < -0.3 is 4.74 Å². The third-order valence-electron chi connectivity index (χ3n) is 4.41. The number of benzene rings is 1. The van der Waals surface area contributed by atoms with Crippen LogP contribution in [0.4, 0.5) is 0 Å². The molecular weight excluding hydrogens is 322 g/mol. The molecule has 1 aromatic carbocycles. The first-order valence-corrected chi connectivity index (χ1v) is 8.47. The fraction of sp³-hybridized carbons (Fsp3) is 0.444. The summed E-state index contributed by atoms with van der Waals surface area (Å²) < 4.78 is 7.43. The molecule has 1 aliphatic rings. The third kappa shape index (κ3) is 4.07. The molecule has 0 saturated carbocycles. The topological polar surface area (TPSA) is 85.4 Å². The number of aromatic nitrogens is 2. The van der Waals surface area contributed by atoms with Gasteiger partial charge in [-0.1, -0.05) is 37.3 Å². The molecule has 1 fully saturated rings. The van der Waals surface area contributed by atoms with Crippen molar-refractivity contribution in [3.05, 3.63) is 68.5 Å².